The molecule has 0 saturated heterocycles. The lowest BCUT2D eigenvalue weighted by Gasteiger charge is -2.29. The van der Waals surface area contributed by atoms with E-state index in [0.717, 1.165) is 34.2 Å². The zero-order chi connectivity index (χ0) is 28.9. The maximum Gasteiger partial charge on any atom is 0.390 e. The highest BCUT2D eigenvalue weighted by atomic mass is 28.3. The molecule has 10 nitrogen and oxygen atoms in total. The van der Waals surface area contributed by atoms with Crippen LogP contribution in [0, 0.1) is 0 Å². The molecule has 4 rings (SSSR count). The van der Waals surface area contributed by atoms with Gasteiger partial charge in [-0.25, -0.2) is 9.97 Å². The predicted molar refractivity (Wildman–Crippen MR) is 148 cm³/mol. The fraction of sp³-hybridized carbons (Fsp3) is 0.615. The molecule has 0 atom stereocenters. The summed E-state index contributed by atoms with van der Waals surface area (Å²) in [5.41, 5.74) is 2.75. The van der Waals surface area contributed by atoms with Gasteiger partial charge in [0, 0.05) is 65.3 Å². The van der Waals surface area contributed by atoms with E-state index in [-0.39, 0.29) is 24.6 Å². The van der Waals surface area contributed by atoms with E-state index in [4.69, 9.17) is 9.47 Å². The van der Waals surface area contributed by atoms with Gasteiger partial charge in [0.25, 0.3) is 0 Å². The minimum Gasteiger partial charge on any atom is -0.383 e. The lowest BCUT2D eigenvalue weighted by atomic mass is 10.0. The Bertz CT molecular complexity index is 1300. The van der Waals surface area contributed by atoms with Crippen LogP contribution in [0.4, 0.5) is 19.0 Å². The summed E-state index contributed by atoms with van der Waals surface area (Å²) in [6.07, 6.45) is -1.17. The second kappa shape index (κ2) is 12.8. The lowest BCUT2D eigenvalue weighted by Crippen LogP contribution is -2.33. The maximum absolute atomic E-state index is 13.1. The average molecular weight is 582 g/mol. The van der Waals surface area contributed by atoms with Gasteiger partial charge in [0.05, 0.1) is 31.5 Å². The molecule has 0 bridgehead atoms. The van der Waals surface area contributed by atoms with E-state index in [9.17, 15) is 18.0 Å². The molecule has 0 amide bonds. The van der Waals surface area contributed by atoms with E-state index in [1.165, 1.54) is 6.33 Å². The molecule has 4 heterocycles. The van der Waals surface area contributed by atoms with Crippen LogP contribution in [0.25, 0.3) is 11.0 Å². The maximum atomic E-state index is 13.1. The zero-order valence-corrected chi connectivity index (χ0v) is 24.6. The molecule has 14 heteroatoms. The highest BCUT2D eigenvalue weighted by Crippen LogP contribution is 2.30. The van der Waals surface area contributed by atoms with E-state index in [1.807, 2.05) is 16.8 Å². The van der Waals surface area contributed by atoms with Gasteiger partial charge < -0.3 is 24.3 Å². The summed E-state index contributed by atoms with van der Waals surface area (Å²) in [6, 6.07) is 3.06. The van der Waals surface area contributed by atoms with Crippen LogP contribution >= 0.6 is 0 Å². The van der Waals surface area contributed by atoms with Crippen molar-refractivity contribution >= 4 is 30.7 Å². The molecule has 0 aromatic carbocycles. The van der Waals surface area contributed by atoms with Crippen molar-refractivity contribution in [1.82, 2.24) is 29.6 Å². The first kappa shape index (κ1) is 30.2. The summed E-state index contributed by atoms with van der Waals surface area (Å²) >= 11 is 0. The Labute approximate surface area is 232 Å². The molecular weight excluding hydrogens is 543 g/mol. The third-order valence-corrected chi connectivity index (χ3v) is 8.54. The summed E-state index contributed by atoms with van der Waals surface area (Å²) in [7, 11) is 0.412. The SMILES string of the molecule is COCCn1nc(C(=O)CNCCC(F)(F)F)c2c1CCN(c1ncnc3c1ccn3COCC[Si](C)(C)C)C2. The average Bonchev–Trinajstić information content (AvgIpc) is 3.47. The van der Waals surface area contributed by atoms with Crippen LogP contribution in [0.15, 0.2) is 18.6 Å². The van der Waals surface area contributed by atoms with Gasteiger partial charge in [-0.15, -0.1) is 0 Å². The molecule has 0 unspecified atom stereocenters. The standard InChI is InChI=1S/C26H38F3N7O3Si/c1-38-12-11-36-21-6-10-34(16-20(21)23(33-36)22(37)15-30-8-7-26(27,28)29)24-19-5-9-35(25(19)32-17-31-24)18-39-13-14-40(2,3)4/h5,9,17,30H,6-8,10-16,18H2,1-4H3. The molecule has 0 aliphatic carbocycles. The smallest absolute Gasteiger partial charge is 0.383 e. The Morgan fingerprint density at radius 1 is 1.20 bits per heavy atom. The molecule has 1 aliphatic heterocycles. The highest BCUT2D eigenvalue weighted by Gasteiger charge is 2.30. The Morgan fingerprint density at radius 3 is 2.73 bits per heavy atom. The molecule has 1 N–H and O–H groups in total. The number of anilines is 1. The Morgan fingerprint density at radius 2 is 2.00 bits per heavy atom. The monoisotopic (exact) mass is 581 g/mol. The fourth-order valence-corrected chi connectivity index (χ4v) is 5.42. The number of carbonyl (C=O) groups is 1. The molecule has 1 aliphatic rings. The van der Waals surface area contributed by atoms with Gasteiger partial charge in [-0.1, -0.05) is 19.6 Å². The second-order valence-electron chi connectivity index (χ2n) is 11.2. The number of ketones is 1. The first-order valence-electron chi connectivity index (χ1n) is 13.5. The number of ether oxygens (including phenoxy) is 2. The highest BCUT2D eigenvalue weighted by molar-refractivity contribution is 6.76. The van der Waals surface area contributed by atoms with Gasteiger partial charge in [-0.05, 0) is 12.1 Å². The van der Waals surface area contributed by atoms with E-state index in [1.54, 1.807) is 11.8 Å². The molecule has 220 valence electrons. The Kier molecular flexibility index (Phi) is 9.64. The number of fused-ring (bicyclic) bond motifs is 2. The van der Waals surface area contributed by atoms with Crippen LogP contribution in [-0.4, -0.2) is 84.3 Å². The van der Waals surface area contributed by atoms with Crippen LogP contribution in [0.1, 0.15) is 28.2 Å². The topological polar surface area (TPSA) is 99.3 Å². The number of alkyl halides is 3. The van der Waals surface area contributed by atoms with Crippen molar-refractivity contribution in [3.8, 4) is 0 Å². The van der Waals surface area contributed by atoms with Gasteiger partial charge in [0.2, 0.25) is 0 Å². The number of halogens is 3. The van der Waals surface area contributed by atoms with Gasteiger partial charge in [-0.2, -0.15) is 18.3 Å². The van der Waals surface area contributed by atoms with Gasteiger partial charge in [0.1, 0.15) is 30.2 Å². The molecular formula is C26H38F3N7O3Si. The molecule has 3 aromatic rings. The van der Waals surface area contributed by atoms with Crippen molar-refractivity contribution in [1.29, 1.82) is 0 Å². The number of Topliss-reactive ketones (excluding diaryl/α,β-unsaturated/α-hetero) is 1. The lowest BCUT2D eigenvalue weighted by molar-refractivity contribution is -0.133. The Hall–Kier alpha value is -2.81. The van der Waals surface area contributed by atoms with Crippen molar-refractivity contribution in [3.05, 3.63) is 35.5 Å². The number of hydrogen-bond acceptors (Lipinski definition) is 8. The molecule has 0 radical (unpaired) electrons. The third-order valence-electron chi connectivity index (χ3n) is 6.84. The van der Waals surface area contributed by atoms with Gasteiger partial charge in [-0.3, -0.25) is 9.48 Å². The molecule has 0 spiro atoms. The normalized spacial score (nSPS) is 14.2. The molecule has 3 aromatic heterocycles. The van der Waals surface area contributed by atoms with Crippen LogP contribution in [-0.2, 0) is 35.7 Å². The van der Waals surface area contributed by atoms with Crippen molar-refractivity contribution in [2.24, 2.45) is 0 Å². The van der Waals surface area contributed by atoms with E-state index >= 15 is 0 Å². The van der Waals surface area contributed by atoms with Crippen LogP contribution in [0.2, 0.25) is 25.7 Å². The first-order chi connectivity index (χ1) is 19.0. The van der Waals surface area contributed by atoms with E-state index in [2.05, 4.69) is 44.9 Å². The summed E-state index contributed by atoms with van der Waals surface area (Å²) in [5, 5.41) is 8.05. The van der Waals surface area contributed by atoms with Gasteiger partial charge >= 0.3 is 6.18 Å². The third kappa shape index (κ3) is 7.68. The summed E-state index contributed by atoms with van der Waals surface area (Å²) in [5.74, 6) is 0.411. The molecule has 40 heavy (non-hydrogen) atoms. The molecule has 0 saturated carbocycles. The number of aromatic nitrogens is 5. The number of hydrogen-bond donors (Lipinski definition) is 1. The van der Waals surface area contributed by atoms with E-state index in [0.29, 0.717) is 46.0 Å². The number of rotatable bonds is 14. The van der Waals surface area contributed by atoms with Crippen LogP contribution in [0.5, 0.6) is 0 Å². The number of nitrogens with one attached hydrogen (secondary N) is 1. The number of methoxy groups -OCH3 is 1. The Balaban J connectivity index is 1.52. The predicted octanol–water partition coefficient (Wildman–Crippen LogP) is 3.87. The van der Waals surface area contributed by atoms with Crippen LogP contribution in [0.3, 0.4) is 0 Å². The van der Waals surface area contributed by atoms with Crippen molar-refractivity contribution in [3.63, 3.8) is 0 Å². The van der Waals surface area contributed by atoms with Crippen LogP contribution < -0.4 is 10.2 Å². The minimum atomic E-state index is -4.28. The summed E-state index contributed by atoms with van der Waals surface area (Å²) in [6.45, 7) is 9.47. The number of carbonyl (C=O) groups excluding carboxylic acids is 1. The minimum absolute atomic E-state index is 0.220. The zero-order valence-electron chi connectivity index (χ0n) is 23.6. The number of nitrogens with zero attached hydrogens (tertiary/aromatic N) is 6. The second-order valence-corrected chi connectivity index (χ2v) is 16.8. The van der Waals surface area contributed by atoms with E-state index < -0.39 is 20.7 Å². The first-order valence-corrected chi connectivity index (χ1v) is 17.2. The van der Waals surface area contributed by atoms with Crippen molar-refractivity contribution in [2.45, 2.75) is 64.5 Å². The van der Waals surface area contributed by atoms with Gasteiger partial charge in [0.15, 0.2) is 5.78 Å². The largest absolute Gasteiger partial charge is 0.390 e. The van der Waals surface area contributed by atoms with Crippen molar-refractivity contribution in [2.75, 3.05) is 44.9 Å². The van der Waals surface area contributed by atoms with Crippen molar-refractivity contribution < 1.29 is 27.4 Å². The summed E-state index contributed by atoms with van der Waals surface area (Å²) < 4.78 is 52.4. The quantitative estimate of drug-likeness (QED) is 0.174. The summed E-state index contributed by atoms with van der Waals surface area (Å²) in [4.78, 5) is 24.2. The fourth-order valence-electron chi connectivity index (χ4n) is 4.66. The molecule has 0 fully saturated rings.